The summed E-state index contributed by atoms with van der Waals surface area (Å²) in [6.07, 6.45) is -0.0531. The zero-order chi connectivity index (χ0) is 16.9. The van der Waals surface area contributed by atoms with Gasteiger partial charge in [-0.1, -0.05) is 6.07 Å². The molecule has 1 aromatic rings. The van der Waals surface area contributed by atoms with Crippen molar-refractivity contribution >= 4 is 17.8 Å². The molecule has 0 bridgehead atoms. The van der Waals surface area contributed by atoms with Gasteiger partial charge in [-0.3, -0.25) is 14.4 Å². The molecule has 23 heavy (non-hydrogen) atoms. The van der Waals surface area contributed by atoms with E-state index in [4.69, 9.17) is 10.8 Å². The number of hydrogen-bond acceptors (Lipinski definition) is 4. The lowest BCUT2D eigenvalue weighted by molar-refractivity contribution is -0.145. The molecular weight excluding hydrogens is 307 g/mol. The van der Waals surface area contributed by atoms with Crippen LogP contribution in [0.15, 0.2) is 24.3 Å². The van der Waals surface area contributed by atoms with E-state index in [1.165, 1.54) is 18.2 Å². The van der Waals surface area contributed by atoms with Crippen molar-refractivity contribution in [1.82, 2.24) is 5.32 Å². The summed E-state index contributed by atoms with van der Waals surface area (Å²) in [5, 5.41) is 21.1. The largest absolute Gasteiger partial charge is 0.481 e. The maximum atomic E-state index is 13.2. The number of nitrogens with one attached hydrogen (secondary N) is 1. The number of halogens is 1. The first-order chi connectivity index (χ1) is 10.8. The Hall–Kier alpha value is -2.48. The van der Waals surface area contributed by atoms with Gasteiger partial charge in [-0.05, 0) is 30.5 Å². The molecule has 122 valence electrons. The highest BCUT2D eigenvalue weighted by Gasteiger charge is 2.74. The second-order valence-electron chi connectivity index (χ2n) is 6.11. The van der Waals surface area contributed by atoms with E-state index in [1.54, 1.807) is 0 Å². The lowest BCUT2D eigenvalue weighted by atomic mass is 9.90. The van der Waals surface area contributed by atoms with Crippen LogP contribution in [0.5, 0.6) is 0 Å². The van der Waals surface area contributed by atoms with Gasteiger partial charge in [-0.15, -0.1) is 0 Å². The minimum absolute atomic E-state index is 0.0531. The normalized spacial score (nSPS) is 34.5. The number of carboxylic acids is 2. The van der Waals surface area contributed by atoms with Crippen molar-refractivity contribution in [3.05, 3.63) is 35.6 Å². The quantitative estimate of drug-likeness (QED) is 0.620. The van der Waals surface area contributed by atoms with Crippen molar-refractivity contribution in [3.63, 3.8) is 0 Å². The molecular formula is C15H15FN2O5. The summed E-state index contributed by atoms with van der Waals surface area (Å²) >= 11 is 0. The van der Waals surface area contributed by atoms with Crippen LogP contribution in [0.2, 0.25) is 0 Å². The highest BCUT2D eigenvalue weighted by atomic mass is 19.1. The Morgan fingerprint density at radius 1 is 1.30 bits per heavy atom. The highest BCUT2D eigenvalue weighted by Crippen LogP contribution is 2.61. The summed E-state index contributed by atoms with van der Waals surface area (Å²) in [5.41, 5.74) is 4.28. The SMILES string of the molecule is NC1(C(=O)O)CC(NC(=O)c2cccc(F)c2)C2C(C(=O)O)C21. The van der Waals surface area contributed by atoms with Crippen LogP contribution < -0.4 is 11.1 Å². The van der Waals surface area contributed by atoms with Crippen LogP contribution >= 0.6 is 0 Å². The molecule has 2 saturated carbocycles. The lowest BCUT2D eigenvalue weighted by Gasteiger charge is -2.25. The molecule has 0 aromatic heterocycles. The van der Waals surface area contributed by atoms with Crippen LogP contribution in [0.4, 0.5) is 4.39 Å². The number of amides is 1. The fourth-order valence-corrected chi connectivity index (χ4v) is 3.71. The van der Waals surface area contributed by atoms with E-state index in [1.807, 2.05) is 0 Å². The predicted molar refractivity (Wildman–Crippen MR) is 74.9 cm³/mol. The van der Waals surface area contributed by atoms with Gasteiger partial charge < -0.3 is 21.3 Å². The summed E-state index contributed by atoms with van der Waals surface area (Å²) < 4.78 is 13.2. The molecule has 5 atom stereocenters. The van der Waals surface area contributed by atoms with Crippen molar-refractivity contribution in [2.45, 2.75) is 18.0 Å². The van der Waals surface area contributed by atoms with E-state index in [9.17, 15) is 23.9 Å². The zero-order valence-electron chi connectivity index (χ0n) is 11.9. The number of hydrogen-bond donors (Lipinski definition) is 4. The summed E-state index contributed by atoms with van der Waals surface area (Å²) in [4.78, 5) is 34.8. The van der Waals surface area contributed by atoms with E-state index < -0.39 is 53.0 Å². The van der Waals surface area contributed by atoms with Gasteiger partial charge in [-0.2, -0.15) is 0 Å². The van der Waals surface area contributed by atoms with Gasteiger partial charge in [0, 0.05) is 17.5 Å². The van der Waals surface area contributed by atoms with Crippen molar-refractivity contribution in [2.75, 3.05) is 0 Å². The Balaban J connectivity index is 1.80. The smallest absolute Gasteiger partial charge is 0.324 e. The number of benzene rings is 1. The topological polar surface area (TPSA) is 130 Å². The number of carbonyl (C=O) groups excluding carboxylic acids is 1. The second kappa shape index (κ2) is 5.02. The van der Waals surface area contributed by atoms with Gasteiger partial charge in [-0.25, -0.2) is 4.39 Å². The number of rotatable bonds is 4. The van der Waals surface area contributed by atoms with Crippen LogP contribution in [-0.2, 0) is 9.59 Å². The van der Waals surface area contributed by atoms with Crippen molar-refractivity contribution in [3.8, 4) is 0 Å². The second-order valence-corrected chi connectivity index (χ2v) is 6.11. The highest BCUT2D eigenvalue weighted by molar-refractivity contribution is 5.95. The first-order valence-corrected chi connectivity index (χ1v) is 7.07. The maximum Gasteiger partial charge on any atom is 0.324 e. The van der Waals surface area contributed by atoms with E-state index in [-0.39, 0.29) is 12.0 Å². The molecule has 0 spiro atoms. The summed E-state index contributed by atoms with van der Waals surface area (Å²) in [6, 6.07) is 4.37. The van der Waals surface area contributed by atoms with Crippen molar-refractivity contribution in [2.24, 2.45) is 23.5 Å². The molecule has 5 N–H and O–H groups in total. The molecule has 7 nitrogen and oxygen atoms in total. The fraction of sp³-hybridized carbons (Fsp3) is 0.400. The molecule has 0 heterocycles. The number of carbonyl (C=O) groups is 3. The Bertz CT molecular complexity index is 709. The van der Waals surface area contributed by atoms with Gasteiger partial charge in [0.1, 0.15) is 11.4 Å². The van der Waals surface area contributed by atoms with Crippen LogP contribution in [0.3, 0.4) is 0 Å². The maximum absolute atomic E-state index is 13.2. The average molecular weight is 322 g/mol. The van der Waals surface area contributed by atoms with E-state index in [2.05, 4.69) is 5.32 Å². The van der Waals surface area contributed by atoms with Gasteiger partial charge in [0.05, 0.1) is 5.92 Å². The van der Waals surface area contributed by atoms with Gasteiger partial charge in [0.25, 0.3) is 5.91 Å². The summed E-state index contributed by atoms with van der Waals surface area (Å²) in [5.74, 6) is -5.68. The molecule has 5 unspecified atom stereocenters. The lowest BCUT2D eigenvalue weighted by Crippen LogP contribution is -2.52. The van der Waals surface area contributed by atoms with Crippen LogP contribution in [-0.4, -0.2) is 39.6 Å². The number of aliphatic carboxylic acids is 2. The van der Waals surface area contributed by atoms with Crippen LogP contribution in [0.25, 0.3) is 0 Å². The minimum Gasteiger partial charge on any atom is -0.481 e. The van der Waals surface area contributed by atoms with Gasteiger partial charge in [0.2, 0.25) is 0 Å². The molecule has 2 fully saturated rings. The van der Waals surface area contributed by atoms with E-state index in [0.29, 0.717) is 0 Å². The summed E-state index contributed by atoms with van der Waals surface area (Å²) in [7, 11) is 0. The monoisotopic (exact) mass is 322 g/mol. The van der Waals surface area contributed by atoms with Crippen LogP contribution in [0, 0.1) is 23.6 Å². The Morgan fingerprint density at radius 3 is 2.57 bits per heavy atom. The molecule has 3 rings (SSSR count). The van der Waals surface area contributed by atoms with E-state index in [0.717, 1.165) is 6.07 Å². The molecule has 8 heteroatoms. The van der Waals surface area contributed by atoms with Crippen molar-refractivity contribution < 1.29 is 29.0 Å². The number of nitrogens with two attached hydrogens (primary N) is 1. The summed E-state index contributed by atoms with van der Waals surface area (Å²) in [6.45, 7) is 0. The van der Waals surface area contributed by atoms with Gasteiger partial charge >= 0.3 is 11.9 Å². The third-order valence-electron chi connectivity index (χ3n) is 4.78. The van der Waals surface area contributed by atoms with E-state index >= 15 is 0 Å². The molecule has 2 aliphatic rings. The zero-order valence-corrected chi connectivity index (χ0v) is 11.9. The molecule has 0 aliphatic heterocycles. The Morgan fingerprint density at radius 2 is 2.00 bits per heavy atom. The third-order valence-corrected chi connectivity index (χ3v) is 4.78. The molecule has 2 aliphatic carbocycles. The Kier molecular flexibility index (Phi) is 3.36. The number of fused-ring (bicyclic) bond motifs is 1. The van der Waals surface area contributed by atoms with Crippen LogP contribution in [0.1, 0.15) is 16.8 Å². The average Bonchev–Trinajstić information content (AvgIpc) is 3.16. The van der Waals surface area contributed by atoms with Crippen molar-refractivity contribution in [1.29, 1.82) is 0 Å². The fourth-order valence-electron chi connectivity index (χ4n) is 3.71. The van der Waals surface area contributed by atoms with Gasteiger partial charge in [0.15, 0.2) is 0 Å². The molecule has 0 saturated heterocycles. The minimum atomic E-state index is -1.67. The Labute approximate surface area is 130 Å². The molecule has 0 radical (unpaired) electrons. The number of carboxylic acid groups (broad SMARTS) is 2. The first kappa shape index (κ1) is 15.4. The standard InChI is InChI=1S/C15H15FN2O5/c16-7-3-1-2-6(4-7)12(19)18-8-5-15(17,14(22)23)11-9(8)10(11)13(20)21/h1-4,8-11H,5,17H2,(H,18,19)(H,20,21)(H,22,23). The first-order valence-electron chi connectivity index (χ1n) is 7.07. The third kappa shape index (κ3) is 2.35. The predicted octanol–water partition coefficient (Wildman–Crippen LogP) is 0.0567. The molecule has 1 amide bonds. The molecule has 1 aromatic carbocycles.